The second-order valence-electron chi connectivity index (χ2n) is 14.7. The fourth-order valence-corrected chi connectivity index (χ4v) is 8.20. The maximum atomic E-state index is 10.0. The first-order chi connectivity index (χ1) is 30.1. The Morgan fingerprint density at radius 2 is 0.869 bits per heavy atom. The van der Waals surface area contributed by atoms with Crippen LogP contribution < -0.4 is 0 Å². The minimum atomic E-state index is 0.555. The molecule has 0 aliphatic heterocycles. The lowest BCUT2D eigenvalue weighted by molar-refractivity contribution is 1.17. The van der Waals surface area contributed by atoms with Gasteiger partial charge in [-0.05, 0) is 89.0 Å². The van der Waals surface area contributed by atoms with Gasteiger partial charge in [0.1, 0.15) is 0 Å². The Labute approximate surface area is 352 Å². The van der Waals surface area contributed by atoms with E-state index < -0.39 is 0 Å². The van der Waals surface area contributed by atoms with E-state index in [-0.39, 0.29) is 0 Å². The van der Waals surface area contributed by atoms with Crippen LogP contribution in [-0.4, -0.2) is 14.5 Å². The van der Waals surface area contributed by atoms with E-state index in [1.165, 1.54) is 0 Å². The molecule has 0 saturated heterocycles. The van der Waals surface area contributed by atoms with E-state index in [4.69, 9.17) is 9.97 Å². The summed E-state index contributed by atoms with van der Waals surface area (Å²) in [5, 5.41) is 31.8. The van der Waals surface area contributed by atoms with Crippen LogP contribution in [0.5, 0.6) is 0 Å². The van der Waals surface area contributed by atoms with E-state index in [1.54, 1.807) is 0 Å². The van der Waals surface area contributed by atoms with Crippen molar-refractivity contribution in [2.45, 2.75) is 0 Å². The summed E-state index contributed by atoms with van der Waals surface area (Å²) in [6, 6.07) is 71.3. The number of hydrogen-bond acceptors (Lipinski definition) is 5. The lowest BCUT2D eigenvalue weighted by Crippen LogP contribution is -2.03. The molecule has 0 saturated carbocycles. The molecule has 6 nitrogen and oxygen atoms in total. The Morgan fingerprint density at radius 1 is 0.361 bits per heavy atom. The van der Waals surface area contributed by atoms with Crippen LogP contribution >= 0.6 is 0 Å². The second kappa shape index (κ2) is 15.5. The fraction of sp³-hybridized carbons (Fsp3) is 0. The fourth-order valence-electron chi connectivity index (χ4n) is 8.20. The van der Waals surface area contributed by atoms with Crippen molar-refractivity contribution in [2.75, 3.05) is 0 Å². The molecule has 282 valence electrons. The highest BCUT2D eigenvalue weighted by atomic mass is 15.0. The van der Waals surface area contributed by atoms with Crippen LogP contribution in [0.3, 0.4) is 0 Å². The number of aromatic nitrogens is 3. The molecule has 0 aliphatic carbocycles. The van der Waals surface area contributed by atoms with E-state index in [0.29, 0.717) is 22.5 Å². The van der Waals surface area contributed by atoms with Crippen molar-refractivity contribution >= 4 is 21.8 Å². The van der Waals surface area contributed by atoms with Crippen LogP contribution in [0.4, 0.5) is 0 Å². The largest absolute Gasteiger partial charge is 0.308 e. The molecule has 0 N–H and O–H groups in total. The molecule has 10 rings (SSSR count). The van der Waals surface area contributed by atoms with Crippen molar-refractivity contribution in [1.29, 1.82) is 15.8 Å². The number of fused-ring (bicyclic) bond motifs is 3. The summed E-state index contributed by atoms with van der Waals surface area (Å²) < 4.78 is 2.31. The monoisotopic (exact) mass is 776 g/mol. The van der Waals surface area contributed by atoms with Crippen molar-refractivity contribution in [1.82, 2.24) is 14.5 Å². The molecule has 0 amide bonds. The summed E-state index contributed by atoms with van der Waals surface area (Å²) in [4.78, 5) is 10.5. The third-order valence-corrected chi connectivity index (χ3v) is 11.1. The van der Waals surface area contributed by atoms with E-state index in [0.717, 1.165) is 89.0 Å². The zero-order valence-corrected chi connectivity index (χ0v) is 32.7. The highest BCUT2D eigenvalue weighted by molar-refractivity contribution is 6.12. The van der Waals surface area contributed by atoms with Crippen LogP contribution in [0.1, 0.15) is 16.7 Å². The molecule has 61 heavy (non-hydrogen) atoms. The van der Waals surface area contributed by atoms with Gasteiger partial charge in [0.2, 0.25) is 0 Å². The molecule has 10 aromatic rings. The molecular formula is C55H32N6. The van der Waals surface area contributed by atoms with Crippen molar-refractivity contribution in [2.24, 2.45) is 0 Å². The molecule has 0 atom stereocenters. The minimum Gasteiger partial charge on any atom is -0.308 e. The predicted molar refractivity (Wildman–Crippen MR) is 243 cm³/mol. The molecule has 2 heterocycles. The van der Waals surface area contributed by atoms with Gasteiger partial charge in [0, 0.05) is 38.6 Å². The summed E-state index contributed by atoms with van der Waals surface area (Å²) in [6.45, 7) is 0. The highest BCUT2D eigenvalue weighted by Crippen LogP contribution is 2.45. The van der Waals surface area contributed by atoms with Crippen LogP contribution in [-0.2, 0) is 0 Å². The Hall–Kier alpha value is -8.89. The first-order valence-electron chi connectivity index (χ1n) is 19.8. The second-order valence-corrected chi connectivity index (χ2v) is 14.7. The SMILES string of the molecule is N#Cc1ccc(-c2cc(-c3nc(-c4ccccc4)cc(-c4ccccc4)n3)cc(-c3ccc(C#N)cc3)c2-n2c3ccccc3c3cc(-c4ccccc4C#N)ccc32)cc1. The third-order valence-electron chi connectivity index (χ3n) is 11.1. The number of benzene rings is 8. The van der Waals surface area contributed by atoms with E-state index in [9.17, 15) is 15.8 Å². The van der Waals surface area contributed by atoms with Gasteiger partial charge in [0.15, 0.2) is 5.82 Å². The van der Waals surface area contributed by atoms with Crippen molar-refractivity contribution < 1.29 is 0 Å². The van der Waals surface area contributed by atoms with Gasteiger partial charge in [-0.25, -0.2) is 9.97 Å². The Bertz CT molecular complexity index is 3280. The van der Waals surface area contributed by atoms with Gasteiger partial charge in [-0.3, -0.25) is 0 Å². The summed E-state index contributed by atoms with van der Waals surface area (Å²) in [5.41, 5.74) is 14.4. The van der Waals surface area contributed by atoms with Crippen LogP contribution in [0.2, 0.25) is 0 Å². The molecule has 0 unspecified atom stereocenters. The van der Waals surface area contributed by atoms with Gasteiger partial charge in [-0.15, -0.1) is 0 Å². The smallest absolute Gasteiger partial charge is 0.160 e. The number of nitrogens with zero attached hydrogens (tertiary/aromatic N) is 6. The summed E-state index contributed by atoms with van der Waals surface area (Å²) in [6.07, 6.45) is 0. The molecule has 6 heteroatoms. The lowest BCUT2D eigenvalue weighted by atomic mass is 9.91. The molecule has 0 radical (unpaired) electrons. The lowest BCUT2D eigenvalue weighted by Gasteiger charge is -2.21. The first-order valence-corrected chi connectivity index (χ1v) is 19.8. The zero-order valence-electron chi connectivity index (χ0n) is 32.7. The normalized spacial score (nSPS) is 10.9. The first kappa shape index (κ1) is 36.5. The van der Waals surface area contributed by atoms with Gasteiger partial charge in [0.25, 0.3) is 0 Å². The van der Waals surface area contributed by atoms with Crippen molar-refractivity contribution in [3.8, 4) is 91.2 Å². The molecule has 0 spiro atoms. The number of hydrogen-bond donors (Lipinski definition) is 0. The average Bonchev–Trinajstić information content (AvgIpc) is 3.67. The third kappa shape index (κ3) is 6.65. The van der Waals surface area contributed by atoms with Crippen molar-refractivity contribution in [3.05, 3.63) is 211 Å². The van der Waals surface area contributed by atoms with Gasteiger partial charge >= 0.3 is 0 Å². The molecule has 8 aromatic carbocycles. The van der Waals surface area contributed by atoms with E-state index >= 15 is 0 Å². The van der Waals surface area contributed by atoms with Gasteiger partial charge in [-0.1, -0.05) is 127 Å². The predicted octanol–water partition coefficient (Wildman–Crippen LogP) is 13.2. The van der Waals surface area contributed by atoms with Crippen LogP contribution in [0.15, 0.2) is 194 Å². The van der Waals surface area contributed by atoms with Gasteiger partial charge < -0.3 is 4.57 Å². The van der Waals surface area contributed by atoms with Crippen molar-refractivity contribution in [3.63, 3.8) is 0 Å². The number of para-hydroxylation sites is 1. The Balaban J connectivity index is 1.32. The zero-order chi connectivity index (χ0) is 41.3. The van der Waals surface area contributed by atoms with E-state index in [1.807, 2.05) is 115 Å². The Morgan fingerprint density at radius 3 is 1.44 bits per heavy atom. The summed E-state index contributed by atoms with van der Waals surface area (Å²) in [7, 11) is 0. The Kier molecular flexibility index (Phi) is 9.24. The van der Waals surface area contributed by atoms with Crippen LogP contribution in [0.25, 0.3) is 94.8 Å². The van der Waals surface area contributed by atoms with Crippen LogP contribution in [0, 0.1) is 34.0 Å². The topological polar surface area (TPSA) is 102 Å². The standard InChI is InChI=1S/C55H32N6/c56-33-36-19-23-38(24-20-36)47-30-44(55-59-50(40-11-3-1-4-12-40)32-51(60-55)41-13-5-2-6-14-41)31-48(39-25-21-37(34-57)22-26-39)54(47)61-52-18-10-9-17-46(52)49-29-42(27-28-53(49)61)45-16-8-7-15-43(45)35-58/h1-32H. The summed E-state index contributed by atoms with van der Waals surface area (Å²) >= 11 is 0. The maximum absolute atomic E-state index is 10.0. The molecule has 2 aromatic heterocycles. The minimum absolute atomic E-state index is 0.555. The molecule has 0 aliphatic rings. The summed E-state index contributed by atoms with van der Waals surface area (Å²) in [5.74, 6) is 0.555. The number of nitriles is 3. The molecule has 0 bridgehead atoms. The number of rotatable bonds is 7. The van der Waals surface area contributed by atoms with Gasteiger partial charge in [0.05, 0.1) is 63.0 Å². The average molecular weight is 777 g/mol. The molecular weight excluding hydrogens is 745 g/mol. The highest BCUT2D eigenvalue weighted by Gasteiger charge is 2.23. The molecule has 0 fully saturated rings. The van der Waals surface area contributed by atoms with E-state index in [2.05, 4.69) is 102 Å². The maximum Gasteiger partial charge on any atom is 0.160 e. The quantitative estimate of drug-likeness (QED) is 0.160. The van der Waals surface area contributed by atoms with Gasteiger partial charge in [-0.2, -0.15) is 15.8 Å².